The van der Waals surface area contributed by atoms with Crippen LogP contribution in [0, 0.1) is 10.8 Å². The molecule has 0 amide bonds. The Morgan fingerprint density at radius 1 is 1.00 bits per heavy atom. The van der Waals surface area contributed by atoms with E-state index in [1.54, 1.807) is 37.1 Å². The smallest absolute Gasteiger partial charge is 0.00563 e. The Balaban J connectivity index is 1.49. The zero-order valence-electron chi connectivity index (χ0n) is 8.87. The Morgan fingerprint density at radius 2 is 1.80 bits per heavy atom. The van der Waals surface area contributed by atoms with Gasteiger partial charge >= 0.3 is 0 Å². The van der Waals surface area contributed by atoms with Gasteiger partial charge < -0.3 is 0 Å². The predicted molar refractivity (Wildman–Crippen MR) is 63.9 cm³/mol. The van der Waals surface area contributed by atoms with E-state index in [0.717, 1.165) is 16.0 Å². The number of rotatable bonds is 1. The molecule has 0 radical (unpaired) electrons. The molecular weight excluding hydrogens is 199 g/mol. The van der Waals surface area contributed by atoms with Crippen molar-refractivity contribution in [2.24, 2.45) is 10.8 Å². The minimum Gasteiger partial charge on any atom is -0.0670 e. The SMILES string of the molecule is c1ccc(P2CC23CC32CC23CC3)cc1. The summed E-state index contributed by atoms with van der Waals surface area (Å²) in [6.45, 7) is 0. The fourth-order valence-corrected chi connectivity index (χ4v) is 8.02. The van der Waals surface area contributed by atoms with E-state index in [-0.39, 0.29) is 7.92 Å². The van der Waals surface area contributed by atoms with Crippen LogP contribution in [0.1, 0.15) is 25.7 Å². The fourth-order valence-electron chi connectivity index (χ4n) is 4.44. The third-order valence-electron chi connectivity index (χ3n) is 5.64. The molecule has 0 bridgehead atoms. The first-order valence-electron chi connectivity index (χ1n) is 6.15. The molecule has 3 saturated carbocycles. The molecule has 3 atom stereocenters. The van der Waals surface area contributed by atoms with Crippen molar-refractivity contribution in [1.82, 2.24) is 0 Å². The molecule has 1 aromatic carbocycles. The minimum atomic E-state index is 0.278. The first-order chi connectivity index (χ1) is 7.32. The molecule has 1 saturated heterocycles. The Hall–Kier alpha value is -0.350. The molecule has 76 valence electrons. The highest BCUT2D eigenvalue weighted by Gasteiger charge is 2.95. The first kappa shape index (κ1) is 7.85. The summed E-state index contributed by atoms with van der Waals surface area (Å²) in [4.78, 5) is 0. The van der Waals surface area contributed by atoms with Crippen LogP contribution in [0.25, 0.3) is 0 Å². The van der Waals surface area contributed by atoms with Crippen LogP contribution in [0.4, 0.5) is 0 Å². The van der Waals surface area contributed by atoms with E-state index < -0.39 is 0 Å². The van der Waals surface area contributed by atoms with Crippen molar-refractivity contribution in [2.75, 3.05) is 6.16 Å². The minimum absolute atomic E-state index is 0.278. The molecule has 15 heavy (non-hydrogen) atoms. The average molecular weight is 214 g/mol. The largest absolute Gasteiger partial charge is 0.0670 e. The van der Waals surface area contributed by atoms with Crippen LogP contribution in [-0.4, -0.2) is 11.3 Å². The Labute approximate surface area is 91.8 Å². The highest BCUT2D eigenvalue weighted by atomic mass is 31.1. The molecule has 3 unspecified atom stereocenters. The van der Waals surface area contributed by atoms with Crippen LogP contribution in [0.3, 0.4) is 0 Å². The Bertz CT molecular complexity index is 461. The maximum absolute atomic E-state index is 2.37. The van der Waals surface area contributed by atoms with E-state index in [4.69, 9.17) is 0 Å². The maximum atomic E-state index is 2.37. The van der Waals surface area contributed by atoms with Crippen molar-refractivity contribution in [1.29, 1.82) is 0 Å². The predicted octanol–water partition coefficient (Wildman–Crippen LogP) is 3.12. The zero-order chi connectivity index (χ0) is 9.73. The molecule has 0 aromatic heterocycles. The molecule has 0 nitrogen and oxygen atoms in total. The molecule has 1 aliphatic heterocycles. The van der Waals surface area contributed by atoms with E-state index in [2.05, 4.69) is 30.3 Å². The van der Waals surface area contributed by atoms with Gasteiger partial charge in [-0.2, -0.15) is 0 Å². The van der Waals surface area contributed by atoms with Crippen LogP contribution < -0.4 is 5.30 Å². The third kappa shape index (κ3) is 0.694. The molecule has 1 heteroatoms. The van der Waals surface area contributed by atoms with Gasteiger partial charge in [-0.3, -0.25) is 0 Å². The Kier molecular flexibility index (Phi) is 1.01. The maximum Gasteiger partial charge on any atom is 0.00563 e. The van der Waals surface area contributed by atoms with Gasteiger partial charge in [-0.25, -0.2) is 0 Å². The number of fused-ring (bicyclic) bond motifs is 2. The summed E-state index contributed by atoms with van der Waals surface area (Å²) in [5, 5.41) is 2.58. The van der Waals surface area contributed by atoms with Crippen LogP contribution in [0.5, 0.6) is 0 Å². The van der Waals surface area contributed by atoms with Gasteiger partial charge in [0.05, 0.1) is 0 Å². The molecule has 0 N–H and O–H groups in total. The summed E-state index contributed by atoms with van der Waals surface area (Å²) < 4.78 is 0. The number of hydrogen-bond donors (Lipinski definition) is 0. The lowest BCUT2D eigenvalue weighted by atomic mass is 10.2. The van der Waals surface area contributed by atoms with Crippen molar-refractivity contribution >= 4 is 13.2 Å². The zero-order valence-corrected chi connectivity index (χ0v) is 9.76. The van der Waals surface area contributed by atoms with Crippen molar-refractivity contribution in [3.63, 3.8) is 0 Å². The first-order valence-corrected chi connectivity index (χ1v) is 7.68. The summed E-state index contributed by atoms with van der Waals surface area (Å²) in [5.41, 5.74) is 1.85. The normalized spacial score (nSPS) is 51.1. The van der Waals surface area contributed by atoms with Crippen LogP contribution in [0.15, 0.2) is 30.3 Å². The van der Waals surface area contributed by atoms with Crippen LogP contribution in [-0.2, 0) is 0 Å². The van der Waals surface area contributed by atoms with Gasteiger partial charge in [-0.05, 0) is 48.0 Å². The second-order valence-electron chi connectivity index (χ2n) is 6.17. The van der Waals surface area contributed by atoms with Gasteiger partial charge in [0.15, 0.2) is 0 Å². The van der Waals surface area contributed by atoms with Crippen molar-refractivity contribution in [2.45, 2.75) is 30.8 Å². The van der Waals surface area contributed by atoms with Crippen molar-refractivity contribution in [3.05, 3.63) is 30.3 Å². The molecule has 3 spiro atoms. The van der Waals surface area contributed by atoms with Gasteiger partial charge in [0.25, 0.3) is 0 Å². The molecule has 1 aromatic rings. The van der Waals surface area contributed by atoms with Crippen molar-refractivity contribution < 1.29 is 0 Å². The summed E-state index contributed by atoms with van der Waals surface area (Å²) >= 11 is 0. The summed E-state index contributed by atoms with van der Waals surface area (Å²) in [6, 6.07) is 11.3. The summed E-state index contributed by atoms with van der Waals surface area (Å²) in [5.74, 6) is 0. The van der Waals surface area contributed by atoms with Gasteiger partial charge in [-0.1, -0.05) is 38.3 Å². The molecule has 3 aliphatic carbocycles. The van der Waals surface area contributed by atoms with Gasteiger partial charge in [-0.15, -0.1) is 0 Å². The van der Waals surface area contributed by atoms with Crippen LogP contribution >= 0.6 is 7.92 Å². The van der Waals surface area contributed by atoms with E-state index >= 15 is 0 Å². The topological polar surface area (TPSA) is 0 Å². The number of benzene rings is 1. The fraction of sp³-hybridized carbons (Fsp3) is 0.571. The molecule has 4 fully saturated rings. The second-order valence-corrected chi connectivity index (χ2v) is 8.71. The summed E-state index contributed by atoms with van der Waals surface area (Å²) in [7, 11) is 0.278. The van der Waals surface area contributed by atoms with Gasteiger partial charge in [0.1, 0.15) is 0 Å². The van der Waals surface area contributed by atoms with E-state index in [1.807, 2.05) is 0 Å². The molecule has 4 aliphatic rings. The lowest BCUT2D eigenvalue weighted by molar-refractivity contribution is 0.695. The van der Waals surface area contributed by atoms with Crippen molar-refractivity contribution in [3.8, 4) is 0 Å². The van der Waals surface area contributed by atoms with Gasteiger partial charge in [0.2, 0.25) is 0 Å². The lowest BCUT2D eigenvalue weighted by Gasteiger charge is -1.98. The standard InChI is InChI=1S/C14H15P/c1-2-4-11(5-3-1)15-10-14(15)9-13(14)8-12(13)6-7-12/h1-5H,6-10H2. The van der Waals surface area contributed by atoms with Crippen LogP contribution in [0.2, 0.25) is 0 Å². The van der Waals surface area contributed by atoms with E-state index in [0.29, 0.717) is 0 Å². The van der Waals surface area contributed by atoms with E-state index in [9.17, 15) is 0 Å². The molecule has 5 rings (SSSR count). The average Bonchev–Trinajstić information content (AvgIpc) is 3.13. The lowest BCUT2D eigenvalue weighted by Crippen LogP contribution is -1.96. The summed E-state index contributed by atoms with van der Waals surface area (Å²) in [6.07, 6.45) is 7.96. The van der Waals surface area contributed by atoms with E-state index in [1.165, 1.54) is 0 Å². The molecule has 1 heterocycles. The van der Waals surface area contributed by atoms with Gasteiger partial charge in [0, 0.05) is 5.16 Å². The Morgan fingerprint density at radius 3 is 2.47 bits per heavy atom. The molecular formula is C14H15P. The third-order valence-corrected chi connectivity index (χ3v) is 8.82. The second kappa shape index (κ2) is 1.93. The monoisotopic (exact) mass is 214 g/mol. The highest BCUT2D eigenvalue weighted by molar-refractivity contribution is 7.75. The quantitative estimate of drug-likeness (QED) is 0.630. The number of hydrogen-bond acceptors (Lipinski definition) is 0. The highest BCUT2D eigenvalue weighted by Crippen LogP contribution is 3.04.